The van der Waals surface area contributed by atoms with E-state index in [1.165, 1.54) is 0 Å². The Bertz CT molecular complexity index is 580. The van der Waals surface area contributed by atoms with Crippen molar-refractivity contribution >= 4 is 22.5 Å². The Morgan fingerprint density at radius 1 is 1.35 bits per heavy atom. The predicted octanol–water partition coefficient (Wildman–Crippen LogP) is 1.54. The number of aromatic nitrogens is 2. The van der Waals surface area contributed by atoms with Gasteiger partial charge in [0.15, 0.2) is 0 Å². The quantitative estimate of drug-likeness (QED) is 0.800. The first-order valence-electron chi connectivity index (χ1n) is 6.98. The van der Waals surface area contributed by atoms with Crippen molar-refractivity contribution in [2.24, 2.45) is 0 Å². The summed E-state index contributed by atoms with van der Waals surface area (Å²) in [7, 11) is 0. The van der Waals surface area contributed by atoms with Crippen molar-refractivity contribution in [3.05, 3.63) is 28.9 Å². The maximum absolute atomic E-state index is 10.4. The molecule has 1 aliphatic heterocycles. The Balaban J connectivity index is 1.68. The van der Waals surface area contributed by atoms with Crippen LogP contribution in [0, 0.1) is 0 Å². The first-order valence-corrected chi connectivity index (χ1v) is 7.36. The SMILES string of the molecule is OC(CCN1CCNCC1)c1ccc2[nH]ncc2c1Cl. The summed E-state index contributed by atoms with van der Waals surface area (Å²) in [6.07, 6.45) is 1.87. The van der Waals surface area contributed by atoms with Crippen LogP contribution < -0.4 is 5.32 Å². The topological polar surface area (TPSA) is 64.2 Å². The Hall–Kier alpha value is -1.14. The summed E-state index contributed by atoms with van der Waals surface area (Å²) in [5.74, 6) is 0. The maximum atomic E-state index is 10.4. The zero-order chi connectivity index (χ0) is 13.9. The molecule has 2 aromatic rings. The Morgan fingerprint density at radius 2 is 2.15 bits per heavy atom. The van der Waals surface area contributed by atoms with Crippen LogP contribution in [0.15, 0.2) is 18.3 Å². The van der Waals surface area contributed by atoms with E-state index in [1.54, 1.807) is 6.20 Å². The van der Waals surface area contributed by atoms with Gasteiger partial charge in [0, 0.05) is 38.1 Å². The number of nitrogens with zero attached hydrogens (tertiary/aromatic N) is 2. The number of aromatic amines is 1. The van der Waals surface area contributed by atoms with E-state index >= 15 is 0 Å². The molecule has 108 valence electrons. The van der Waals surface area contributed by atoms with Gasteiger partial charge in [-0.2, -0.15) is 5.10 Å². The molecular weight excluding hydrogens is 276 g/mol. The molecule has 1 saturated heterocycles. The third-order valence-corrected chi connectivity index (χ3v) is 4.30. The average Bonchev–Trinajstić information content (AvgIpc) is 2.96. The van der Waals surface area contributed by atoms with Gasteiger partial charge in [-0.3, -0.25) is 5.10 Å². The van der Waals surface area contributed by atoms with Crippen LogP contribution >= 0.6 is 11.6 Å². The second-order valence-electron chi connectivity index (χ2n) is 5.20. The third-order valence-electron chi connectivity index (χ3n) is 3.88. The van der Waals surface area contributed by atoms with Gasteiger partial charge in [-0.1, -0.05) is 17.7 Å². The van der Waals surface area contributed by atoms with Crippen molar-refractivity contribution in [2.45, 2.75) is 12.5 Å². The summed E-state index contributed by atoms with van der Waals surface area (Å²) >= 11 is 6.36. The second-order valence-corrected chi connectivity index (χ2v) is 5.57. The summed E-state index contributed by atoms with van der Waals surface area (Å²) in [5.41, 5.74) is 1.68. The van der Waals surface area contributed by atoms with Crippen LogP contribution in [0.3, 0.4) is 0 Å². The number of aliphatic hydroxyl groups excluding tert-OH is 1. The third kappa shape index (κ3) is 2.81. The number of hydrogen-bond donors (Lipinski definition) is 3. The van der Waals surface area contributed by atoms with Gasteiger partial charge in [0.25, 0.3) is 0 Å². The molecule has 1 atom stereocenters. The number of fused-ring (bicyclic) bond motifs is 1. The lowest BCUT2D eigenvalue weighted by Crippen LogP contribution is -2.44. The zero-order valence-corrected chi connectivity index (χ0v) is 12.0. The van der Waals surface area contributed by atoms with Crippen LogP contribution in [0.25, 0.3) is 10.9 Å². The van der Waals surface area contributed by atoms with Crippen LogP contribution in [-0.2, 0) is 0 Å². The Labute approximate surface area is 122 Å². The molecule has 0 spiro atoms. The summed E-state index contributed by atoms with van der Waals surface area (Å²) in [4.78, 5) is 2.37. The van der Waals surface area contributed by atoms with E-state index in [4.69, 9.17) is 11.6 Å². The largest absolute Gasteiger partial charge is 0.388 e. The number of aliphatic hydroxyl groups is 1. The summed E-state index contributed by atoms with van der Waals surface area (Å²) in [6, 6.07) is 3.79. The minimum atomic E-state index is -0.531. The zero-order valence-electron chi connectivity index (χ0n) is 11.3. The van der Waals surface area contributed by atoms with Gasteiger partial charge in [-0.25, -0.2) is 0 Å². The summed E-state index contributed by atoms with van der Waals surface area (Å²) in [5, 5.41) is 22.0. The molecule has 2 heterocycles. The molecule has 6 heteroatoms. The van der Waals surface area contributed by atoms with Crippen molar-refractivity contribution in [3.8, 4) is 0 Å². The van der Waals surface area contributed by atoms with E-state index in [1.807, 2.05) is 12.1 Å². The van der Waals surface area contributed by atoms with Crippen LogP contribution in [0.4, 0.5) is 0 Å². The highest BCUT2D eigenvalue weighted by Crippen LogP contribution is 2.31. The van der Waals surface area contributed by atoms with Crippen molar-refractivity contribution in [1.82, 2.24) is 20.4 Å². The minimum absolute atomic E-state index is 0.531. The lowest BCUT2D eigenvalue weighted by molar-refractivity contribution is 0.137. The lowest BCUT2D eigenvalue weighted by atomic mass is 10.0. The summed E-state index contributed by atoms with van der Waals surface area (Å²) < 4.78 is 0. The van der Waals surface area contributed by atoms with Crippen LogP contribution in [0.5, 0.6) is 0 Å². The van der Waals surface area contributed by atoms with Gasteiger partial charge < -0.3 is 15.3 Å². The molecule has 5 nitrogen and oxygen atoms in total. The van der Waals surface area contributed by atoms with E-state index in [-0.39, 0.29) is 0 Å². The van der Waals surface area contributed by atoms with E-state index in [0.29, 0.717) is 11.4 Å². The smallest absolute Gasteiger partial charge is 0.0816 e. The first kappa shape index (κ1) is 13.8. The van der Waals surface area contributed by atoms with E-state index < -0.39 is 6.10 Å². The molecule has 1 aromatic carbocycles. The fourth-order valence-corrected chi connectivity index (χ4v) is 2.99. The molecule has 1 fully saturated rings. The molecular formula is C14H19ClN4O. The fraction of sp³-hybridized carbons (Fsp3) is 0.500. The maximum Gasteiger partial charge on any atom is 0.0816 e. The fourth-order valence-electron chi connectivity index (χ4n) is 2.65. The predicted molar refractivity (Wildman–Crippen MR) is 80.0 cm³/mol. The highest BCUT2D eigenvalue weighted by Gasteiger charge is 2.17. The van der Waals surface area contributed by atoms with E-state index in [0.717, 1.165) is 49.2 Å². The number of rotatable bonds is 4. The Kier molecular flexibility index (Phi) is 4.21. The first-order chi connectivity index (χ1) is 9.75. The molecule has 0 radical (unpaired) electrons. The van der Waals surface area contributed by atoms with Gasteiger partial charge >= 0.3 is 0 Å². The number of halogens is 1. The highest BCUT2D eigenvalue weighted by molar-refractivity contribution is 6.36. The van der Waals surface area contributed by atoms with Crippen LogP contribution in [-0.4, -0.2) is 52.9 Å². The summed E-state index contributed by atoms with van der Waals surface area (Å²) in [6.45, 7) is 5.03. The van der Waals surface area contributed by atoms with E-state index in [9.17, 15) is 5.11 Å². The number of hydrogen-bond acceptors (Lipinski definition) is 4. The van der Waals surface area contributed by atoms with Gasteiger partial charge in [0.1, 0.15) is 0 Å². The molecule has 0 amide bonds. The van der Waals surface area contributed by atoms with Gasteiger partial charge in [-0.15, -0.1) is 0 Å². The number of H-pyrrole nitrogens is 1. The van der Waals surface area contributed by atoms with Crippen molar-refractivity contribution in [1.29, 1.82) is 0 Å². The average molecular weight is 295 g/mol. The number of piperazine rings is 1. The number of nitrogens with one attached hydrogen (secondary N) is 2. The van der Waals surface area contributed by atoms with Crippen LogP contribution in [0.2, 0.25) is 5.02 Å². The minimum Gasteiger partial charge on any atom is -0.388 e. The molecule has 0 bridgehead atoms. The molecule has 0 saturated carbocycles. The number of benzene rings is 1. The molecule has 0 aliphatic carbocycles. The van der Waals surface area contributed by atoms with E-state index in [2.05, 4.69) is 20.4 Å². The van der Waals surface area contributed by atoms with Crippen LogP contribution in [0.1, 0.15) is 18.1 Å². The Morgan fingerprint density at radius 3 is 2.95 bits per heavy atom. The van der Waals surface area contributed by atoms with Crippen molar-refractivity contribution in [3.63, 3.8) is 0 Å². The monoisotopic (exact) mass is 294 g/mol. The lowest BCUT2D eigenvalue weighted by Gasteiger charge is -2.28. The molecule has 3 N–H and O–H groups in total. The molecule has 3 rings (SSSR count). The molecule has 1 aromatic heterocycles. The normalized spacial score (nSPS) is 18.5. The van der Waals surface area contributed by atoms with Gasteiger partial charge in [0.05, 0.1) is 22.8 Å². The highest BCUT2D eigenvalue weighted by atomic mass is 35.5. The molecule has 1 aliphatic rings. The van der Waals surface area contributed by atoms with Crippen molar-refractivity contribution < 1.29 is 5.11 Å². The molecule has 20 heavy (non-hydrogen) atoms. The van der Waals surface area contributed by atoms with Gasteiger partial charge in [-0.05, 0) is 18.1 Å². The van der Waals surface area contributed by atoms with Crippen molar-refractivity contribution in [2.75, 3.05) is 32.7 Å². The second kappa shape index (κ2) is 6.10. The van der Waals surface area contributed by atoms with Gasteiger partial charge in [0.2, 0.25) is 0 Å². The molecule has 1 unspecified atom stereocenters. The standard InChI is InChI=1S/C14H19ClN4O/c15-14-10(1-2-12-11(14)9-17-18-12)13(20)3-6-19-7-4-16-5-8-19/h1-2,9,13,16,20H,3-8H2,(H,17,18).